The second-order valence-electron chi connectivity index (χ2n) is 11.5. The number of aliphatic hydroxyl groups excluding tert-OH is 2. The molecule has 2 atom stereocenters. The minimum Gasteiger partial charge on any atom is -0.504 e. The Kier molecular flexibility index (Phi) is 9.97. The van der Waals surface area contributed by atoms with Gasteiger partial charge in [0.25, 0.3) is 0 Å². The van der Waals surface area contributed by atoms with Crippen LogP contribution in [-0.2, 0) is 24.2 Å². The summed E-state index contributed by atoms with van der Waals surface area (Å²) in [4.78, 5) is 19.0. The van der Waals surface area contributed by atoms with E-state index in [1.54, 1.807) is 18.2 Å². The number of Topliss-reactive ketones (excluding diaryl/α,β-unsaturated/α-hetero) is 1. The fraction of sp³-hybridized carbons (Fsp3) is 0.412. The Bertz CT molecular complexity index is 1460. The summed E-state index contributed by atoms with van der Waals surface area (Å²) in [6, 6.07) is 9.06. The smallest absolute Gasteiger partial charge is 0.163 e. The number of ketones is 1. The van der Waals surface area contributed by atoms with Gasteiger partial charge in [-0.1, -0.05) is 44.4 Å². The SMILES string of the molecule is CCCCC[C@@H](O)CC(=O)CCc1ccc(O)c(OCN2C=C3C(Cc4c(CO)ccc5c4C=CN[C@H]5N)=CN=C3C2)c1. The number of carbonyl (C=O) groups excluding carboxylic acids is 1. The van der Waals surface area contributed by atoms with Crippen LogP contribution in [0.3, 0.4) is 0 Å². The number of benzene rings is 2. The summed E-state index contributed by atoms with van der Waals surface area (Å²) in [5.41, 5.74) is 14.1. The van der Waals surface area contributed by atoms with Gasteiger partial charge in [-0.05, 0) is 70.6 Å². The summed E-state index contributed by atoms with van der Waals surface area (Å²) in [5, 5.41) is 33.7. The lowest BCUT2D eigenvalue weighted by Gasteiger charge is -2.24. The second kappa shape index (κ2) is 14.0. The number of aliphatic imine (C=N–C) groups is 1. The molecule has 0 bridgehead atoms. The number of nitrogens with two attached hydrogens (primary N) is 1. The Morgan fingerprint density at radius 1 is 1.26 bits per heavy atom. The summed E-state index contributed by atoms with van der Waals surface area (Å²) in [6.07, 6.45) is 12.3. The molecule has 43 heavy (non-hydrogen) atoms. The highest BCUT2D eigenvalue weighted by molar-refractivity contribution is 6.09. The first-order valence-electron chi connectivity index (χ1n) is 15.2. The van der Waals surface area contributed by atoms with Gasteiger partial charge < -0.3 is 36.0 Å². The van der Waals surface area contributed by atoms with Crippen LogP contribution in [0.1, 0.15) is 79.4 Å². The highest BCUT2D eigenvalue weighted by Crippen LogP contribution is 2.34. The van der Waals surface area contributed by atoms with E-state index in [0.29, 0.717) is 38.0 Å². The Hall–Kier alpha value is -3.92. The van der Waals surface area contributed by atoms with E-state index in [1.807, 2.05) is 41.7 Å². The van der Waals surface area contributed by atoms with E-state index < -0.39 is 6.10 Å². The lowest BCUT2D eigenvalue weighted by atomic mass is 9.88. The number of nitrogens with zero attached hydrogens (tertiary/aromatic N) is 2. The predicted molar refractivity (Wildman–Crippen MR) is 167 cm³/mol. The summed E-state index contributed by atoms with van der Waals surface area (Å²) in [7, 11) is 0. The number of phenols is 1. The number of hydrogen-bond donors (Lipinski definition) is 5. The number of aromatic hydroxyl groups is 1. The van der Waals surface area contributed by atoms with Crippen LogP contribution in [0.5, 0.6) is 11.5 Å². The normalized spacial score (nSPS) is 17.5. The van der Waals surface area contributed by atoms with Gasteiger partial charge in [0.1, 0.15) is 11.9 Å². The number of aliphatic hydroxyl groups is 2. The monoisotopic (exact) mass is 586 g/mol. The highest BCUT2D eigenvalue weighted by Gasteiger charge is 2.28. The molecular formula is C34H42N4O5. The number of fused-ring (bicyclic) bond motifs is 2. The molecule has 2 aromatic rings. The fourth-order valence-electron chi connectivity index (χ4n) is 5.84. The van der Waals surface area contributed by atoms with Crippen molar-refractivity contribution in [1.82, 2.24) is 10.2 Å². The fourth-order valence-corrected chi connectivity index (χ4v) is 5.84. The highest BCUT2D eigenvalue weighted by atomic mass is 16.5. The average Bonchev–Trinajstić information content (AvgIpc) is 3.57. The maximum Gasteiger partial charge on any atom is 0.163 e. The van der Waals surface area contributed by atoms with Crippen molar-refractivity contribution in [3.05, 3.63) is 87.9 Å². The molecule has 0 saturated heterocycles. The average molecular weight is 587 g/mol. The van der Waals surface area contributed by atoms with Gasteiger partial charge >= 0.3 is 0 Å². The third kappa shape index (κ3) is 7.36. The third-order valence-corrected chi connectivity index (χ3v) is 8.29. The molecule has 9 nitrogen and oxygen atoms in total. The van der Waals surface area contributed by atoms with Crippen molar-refractivity contribution >= 4 is 17.6 Å². The van der Waals surface area contributed by atoms with E-state index in [9.17, 15) is 20.1 Å². The van der Waals surface area contributed by atoms with Crippen LogP contribution >= 0.6 is 0 Å². The number of rotatable bonds is 15. The minimum absolute atomic E-state index is 0.0389. The summed E-state index contributed by atoms with van der Waals surface area (Å²) < 4.78 is 6.00. The van der Waals surface area contributed by atoms with E-state index >= 15 is 0 Å². The van der Waals surface area contributed by atoms with Crippen molar-refractivity contribution in [3.8, 4) is 11.5 Å². The molecule has 0 radical (unpaired) electrons. The van der Waals surface area contributed by atoms with Gasteiger partial charge in [0.05, 0.1) is 25.0 Å². The molecule has 0 aromatic heterocycles. The van der Waals surface area contributed by atoms with Crippen molar-refractivity contribution in [2.45, 2.75) is 77.2 Å². The molecule has 2 aromatic carbocycles. The topological polar surface area (TPSA) is 141 Å². The van der Waals surface area contributed by atoms with Crippen molar-refractivity contribution in [3.63, 3.8) is 0 Å². The van der Waals surface area contributed by atoms with Crippen LogP contribution in [0.4, 0.5) is 0 Å². The molecule has 6 N–H and O–H groups in total. The number of phenolic OH excluding ortho intramolecular Hbond substituents is 1. The molecular weight excluding hydrogens is 544 g/mol. The number of ether oxygens (including phenoxy) is 1. The van der Waals surface area contributed by atoms with Crippen LogP contribution in [0.2, 0.25) is 0 Å². The van der Waals surface area contributed by atoms with Crippen LogP contribution in [-0.4, -0.2) is 51.1 Å². The number of aryl methyl sites for hydroxylation is 1. The van der Waals surface area contributed by atoms with Crippen molar-refractivity contribution < 1.29 is 24.9 Å². The van der Waals surface area contributed by atoms with Gasteiger partial charge in [0, 0.05) is 37.2 Å². The second-order valence-corrected chi connectivity index (χ2v) is 11.5. The van der Waals surface area contributed by atoms with Crippen LogP contribution in [0.25, 0.3) is 6.08 Å². The molecule has 9 heteroatoms. The number of hydrogen-bond acceptors (Lipinski definition) is 9. The lowest BCUT2D eigenvalue weighted by Crippen LogP contribution is -2.28. The molecule has 3 aliphatic rings. The third-order valence-electron chi connectivity index (χ3n) is 8.29. The molecule has 228 valence electrons. The number of nitrogens with one attached hydrogen (secondary N) is 1. The van der Waals surface area contributed by atoms with E-state index in [2.05, 4.69) is 17.2 Å². The summed E-state index contributed by atoms with van der Waals surface area (Å²) in [6.45, 7) is 2.86. The summed E-state index contributed by atoms with van der Waals surface area (Å²) in [5.74, 6) is 0.438. The maximum atomic E-state index is 12.4. The quantitative estimate of drug-likeness (QED) is 0.194. The van der Waals surface area contributed by atoms with Crippen molar-refractivity contribution in [2.75, 3.05) is 13.3 Å². The summed E-state index contributed by atoms with van der Waals surface area (Å²) >= 11 is 0. The molecule has 0 amide bonds. The molecule has 0 saturated carbocycles. The standard InChI is InChI=1S/C34H42N4O5/c1-2-3-4-5-25(40)16-26(41)9-6-22-7-11-32(42)33(14-22)43-21-38-18-30-24(17-37-31(30)19-38)15-29-23(20-39)8-10-28-27(29)12-13-36-34(28)35/h7-8,10-14,17-18,25,34,36,39-40,42H,2-6,9,15-16,19-21,35H2,1H3/t25-,34-/m1/s1. The number of allylic oxidation sites excluding steroid dienone is 1. The van der Waals surface area contributed by atoms with Crippen LogP contribution in [0, 0.1) is 0 Å². The first-order chi connectivity index (χ1) is 20.9. The zero-order valence-electron chi connectivity index (χ0n) is 24.8. The van der Waals surface area contributed by atoms with E-state index in [4.69, 9.17) is 10.5 Å². The Morgan fingerprint density at radius 2 is 2.12 bits per heavy atom. The molecule has 0 fully saturated rings. The molecule has 3 aliphatic heterocycles. The number of unbranched alkanes of at least 4 members (excludes halogenated alkanes) is 2. The molecule has 0 aliphatic carbocycles. The maximum absolute atomic E-state index is 12.4. The van der Waals surface area contributed by atoms with Gasteiger partial charge in [-0.15, -0.1) is 0 Å². The van der Waals surface area contributed by atoms with Gasteiger partial charge in [-0.3, -0.25) is 9.79 Å². The van der Waals surface area contributed by atoms with Crippen molar-refractivity contribution in [2.24, 2.45) is 10.7 Å². The molecule has 0 unspecified atom stereocenters. The van der Waals surface area contributed by atoms with Gasteiger partial charge in [0.15, 0.2) is 18.2 Å². The van der Waals surface area contributed by atoms with Crippen molar-refractivity contribution in [1.29, 1.82) is 0 Å². The van der Waals surface area contributed by atoms with Gasteiger partial charge in [-0.2, -0.15) is 0 Å². The molecule has 0 spiro atoms. The Balaban J connectivity index is 1.18. The Labute approximate surface area is 253 Å². The van der Waals surface area contributed by atoms with Gasteiger partial charge in [-0.25, -0.2) is 0 Å². The first-order valence-corrected chi connectivity index (χ1v) is 15.2. The molecule has 3 heterocycles. The van der Waals surface area contributed by atoms with Crippen LogP contribution < -0.4 is 15.8 Å². The van der Waals surface area contributed by atoms with E-state index in [0.717, 1.165) is 63.9 Å². The zero-order chi connectivity index (χ0) is 30.3. The zero-order valence-corrected chi connectivity index (χ0v) is 24.8. The Morgan fingerprint density at radius 3 is 2.93 bits per heavy atom. The number of carbonyl (C=O) groups is 1. The lowest BCUT2D eigenvalue weighted by molar-refractivity contribution is -0.121. The van der Waals surface area contributed by atoms with Gasteiger partial charge in [0.2, 0.25) is 0 Å². The largest absolute Gasteiger partial charge is 0.504 e. The van der Waals surface area contributed by atoms with E-state index in [1.165, 1.54) is 0 Å². The molecule has 5 rings (SSSR count). The van der Waals surface area contributed by atoms with Crippen LogP contribution in [0.15, 0.2) is 65.1 Å². The predicted octanol–water partition coefficient (Wildman–Crippen LogP) is 4.37. The van der Waals surface area contributed by atoms with E-state index in [-0.39, 0.29) is 37.5 Å². The minimum atomic E-state index is -0.575. The first kappa shape index (κ1) is 30.5.